The second-order valence-electron chi connectivity index (χ2n) is 8.50. The standard InChI is InChI=1S/C25H27FN2O2/c1-24(25(2,29)14-11-18-5-4-6-22(15-18)30-3)13-12-23-19(16-24)17-27-28(23)21-9-7-20(26)8-10-21/h4-10,12-13,15,17,29H,11,14,16H2,1-3H3/t24?,25-/m0/s1. The summed E-state index contributed by atoms with van der Waals surface area (Å²) < 4.78 is 20.4. The topological polar surface area (TPSA) is 47.3 Å². The first-order chi connectivity index (χ1) is 14.3. The van der Waals surface area contributed by atoms with Crippen molar-refractivity contribution >= 4 is 6.08 Å². The Morgan fingerprint density at radius 1 is 1.23 bits per heavy atom. The molecule has 0 saturated carbocycles. The van der Waals surface area contributed by atoms with E-state index in [2.05, 4.69) is 24.2 Å². The lowest BCUT2D eigenvalue weighted by Crippen LogP contribution is -2.45. The van der Waals surface area contributed by atoms with Gasteiger partial charge < -0.3 is 9.84 Å². The Morgan fingerprint density at radius 2 is 2.00 bits per heavy atom. The molecule has 1 aromatic heterocycles. The number of nitrogens with zero attached hydrogens (tertiary/aromatic N) is 2. The monoisotopic (exact) mass is 406 g/mol. The van der Waals surface area contributed by atoms with Crippen LogP contribution in [0.15, 0.2) is 60.8 Å². The highest BCUT2D eigenvalue weighted by Crippen LogP contribution is 2.43. The van der Waals surface area contributed by atoms with Gasteiger partial charge in [0.15, 0.2) is 0 Å². The molecule has 0 radical (unpaired) electrons. The Kier molecular flexibility index (Phi) is 5.24. The summed E-state index contributed by atoms with van der Waals surface area (Å²) in [6.45, 7) is 4.00. The van der Waals surface area contributed by atoms with Crippen LogP contribution in [0.3, 0.4) is 0 Å². The van der Waals surface area contributed by atoms with Gasteiger partial charge in [-0.25, -0.2) is 9.07 Å². The van der Waals surface area contributed by atoms with Crippen molar-refractivity contribution < 1.29 is 14.2 Å². The van der Waals surface area contributed by atoms with Gasteiger partial charge in [0.2, 0.25) is 0 Å². The van der Waals surface area contributed by atoms with Crippen LogP contribution in [0.5, 0.6) is 5.75 Å². The molecule has 2 aromatic carbocycles. The fourth-order valence-electron chi connectivity index (χ4n) is 4.08. The van der Waals surface area contributed by atoms with Crippen LogP contribution in [0.2, 0.25) is 0 Å². The highest BCUT2D eigenvalue weighted by Gasteiger charge is 2.43. The van der Waals surface area contributed by atoms with E-state index in [1.807, 2.05) is 42.1 Å². The number of aryl methyl sites for hydroxylation is 1. The van der Waals surface area contributed by atoms with Crippen molar-refractivity contribution in [3.63, 3.8) is 0 Å². The molecule has 4 rings (SSSR count). The van der Waals surface area contributed by atoms with E-state index >= 15 is 0 Å². The van der Waals surface area contributed by atoms with Crippen LogP contribution in [-0.2, 0) is 12.8 Å². The van der Waals surface area contributed by atoms with E-state index in [0.29, 0.717) is 12.8 Å². The summed E-state index contributed by atoms with van der Waals surface area (Å²) >= 11 is 0. The number of ether oxygens (including phenoxy) is 1. The van der Waals surface area contributed by atoms with Crippen LogP contribution in [-0.4, -0.2) is 27.6 Å². The van der Waals surface area contributed by atoms with Gasteiger partial charge in [-0.2, -0.15) is 5.10 Å². The van der Waals surface area contributed by atoms with Gasteiger partial charge >= 0.3 is 0 Å². The van der Waals surface area contributed by atoms with Crippen LogP contribution in [0.25, 0.3) is 11.8 Å². The summed E-state index contributed by atoms with van der Waals surface area (Å²) in [6.07, 6.45) is 8.03. The molecule has 1 heterocycles. The van der Waals surface area contributed by atoms with Crippen molar-refractivity contribution in [2.75, 3.05) is 7.11 Å². The van der Waals surface area contributed by atoms with Gasteiger partial charge in [-0.1, -0.05) is 25.1 Å². The quantitative estimate of drug-likeness (QED) is 0.628. The molecule has 156 valence electrons. The van der Waals surface area contributed by atoms with Crippen LogP contribution in [0, 0.1) is 11.2 Å². The summed E-state index contributed by atoms with van der Waals surface area (Å²) in [5.41, 5.74) is 2.68. The lowest BCUT2D eigenvalue weighted by atomic mass is 9.66. The Balaban J connectivity index is 1.53. The number of hydrogen-bond donors (Lipinski definition) is 1. The molecular weight excluding hydrogens is 379 g/mol. The van der Waals surface area contributed by atoms with Crippen molar-refractivity contribution in [1.82, 2.24) is 9.78 Å². The molecule has 30 heavy (non-hydrogen) atoms. The molecule has 1 aliphatic rings. The van der Waals surface area contributed by atoms with E-state index in [0.717, 1.165) is 34.7 Å². The Morgan fingerprint density at radius 3 is 2.73 bits per heavy atom. The fourth-order valence-corrected chi connectivity index (χ4v) is 4.08. The van der Waals surface area contributed by atoms with Crippen molar-refractivity contribution in [2.45, 2.75) is 38.7 Å². The van der Waals surface area contributed by atoms with Gasteiger partial charge in [0.25, 0.3) is 0 Å². The first-order valence-corrected chi connectivity index (χ1v) is 10.2. The first kappa shape index (κ1) is 20.4. The van der Waals surface area contributed by atoms with E-state index in [-0.39, 0.29) is 5.82 Å². The minimum absolute atomic E-state index is 0.269. The van der Waals surface area contributed by atoms with Crippen LogP contribution < -0.4 is 4.74 Å². The molecule has 2 atom stereocenters. The van der Waals surface area contributed by atoms with E-state index in [1.54, 1.807) is 19.2 Å². The van der Waals surface area contributed by atoms with Crippen molar-refractivity contribution in [2.24, 2.45) is 5.41 Å². The van der Waals surface area contributed by atoms with Crippen molar-refractivity contribution in [3.8, 4) is 11.4 Å². The Hall–Kier alpha value is -2.92. The minimum Gasteiger partial charge on any atom is -0.497 e. The third kappa shape index (κ3) is 3.77. The molecule has 1 unspecified atom stereocenters. The second kappa shape index (κ2) is 7.73. The van der Waals surface area contributed by atoms with Crippen LogP contribution >= 0.6 is 0 Å². The normalized spacial score (nSPS) is 19.9. The van der Waals surface area contributed by atoms with Crippen molar-refractivity contribution in [3.05, 3.63) is 83.4 Å². The lowest BCUT2D eigenvalue weighted by Gasteiger charge is -2.42. The zero-order valence-electron chi connectivity index (χ0n) is 17.6. The van der Waals surface area contributed by atoms with Crippen LogP contribution in [0.1, 0.15) is 37.1 Å². The first-order valence-electron chi connectivity index (χ1n) is 10.2. The van der Waals surface area contributed by atoms with Gasteiger partial charge in [-0.3, -0.25) is 0 Å². The zero-order valence-corrected chi connectivity index (χ0v) is 17.6. The maximum absolute atomic E-state index is 13.3. The smallest absolute Gasteiger partial charge is 0.123 e. The van der Waals surface area contributed by atoms with Gasteiger partial charge in [-0.15, -0.1) is 0 Å². The lowest BCUT2D eigenvalue weighted by molar-refractivity contribution is -0.0414. The predicted octanol–water partition coefficient (Wildman–Crippen LogP) is 4.98. The van der Waals surface area contributed by atoms with Gasteiger partial charge in [-0.05, 0) is 79.8 Å². The molecule has 3 aromatic rings. The summed E-state index contributed by atoms with van der Waals surface area (Å²) in [4.78, 5) is 0. The van der Waals surface area contributed by atoms with E-state index in [9.17, 15) is 9.50 Å². The number of fused-ring (bicyclic) bond motifs is 1. The Bertz CT molecular complexity index is 1070. The number of benzene rings is 2. The molecule has 0 saturated heterocycles. The third-order valence-electron chi connectivity index (χ3n) is 6.39. The average molecular weight is 407 g/mol. The third-order valence-corrected chi connectivity index (χ3v) is 6.39. The zero-order chi connectivity index (χ0) is 21.4. The molecule has 4 nitrogen and oxygen atoms in total. The molecule has 0 amide bonds. The maximum Gasteiger partial charge on any atom is 0.123 e. The van der Waals surface area contributed by atoms with Gasteiger partial charge in [0.1, 0.15) is 11.6 Å². The highest BCUT2D eigenvalue weighted by atomic mass is 19.1. The molecular formula is C25H27FN2O2. The molecule has 5 heteroatoms. The van der Waals surface area contributed by atoms with E-state index in [1.165, 1.54) is 12.1 Å². The highest BCUT2D eigenvalue weighted by molar-refractivity contribution is 5.57. The molecule has 0 aliphatic heterocycles. The molecule has 1 N–H and O–H groups in total. The summed E-state index contributed by atoms with van der Waals surface area (Å²) in [5, 5.41) is 15.9. The van der Waals surface area contributed by atoms with Gasteiger partial charge in [0, 0.05) is 5.41 Å². The van der Waals surface area contributed by atoms with Crippen molar-refractivity contribution in [1.29, 1.82) is 0 Å². The Labute approximate surface area is 176 Å². The SMILES string of the molecule is COc1cccc(CC[C@](C)(O)C2(C)C=Cc3c(cnn3-c3ccc(F)cc3)C2)c1. The number of rotatable bonds is 6. The largest absolute Gasteiger partial charge is 0.497 e. The molecule has 1 aliphatic carbocycles. The van der Waals surface area contributed by atoms with Crippen LogP contribution in [0.4, 0.5) is 4.39 Å². The predicted molar refractivity (Wildman–Crippen MR) is 116 cm³/mol. The number of halogens is 1. The van der Waals surface area contributed by atoms with E-state index in [4.69, 9.17) is 4.74 Å². The molecule has 0 bridgehead atoms. The number of aromatic nitrogens is 2. The number of methoxy groups -OCH3 is 1. The molecule has 0 fully saturated rings. The van der Waals surface area contributed by atoms with Gasteiger partial charge in [0.05, 0.1) is 30.3 Å². The molecule has 0 spiro atoms. The minimum atomic E-state index is -0.901. The summed E-state index contributed by atoms with van der Waals surface area (Å²) in [6, 6.07) is 14.3. The second-order valence-corrected chi connectivity index (χ2v) is 8.50. The summed E-state index contributed by atoms with van der Waals surface area (Å²) in [5.74, 6) is 0.559. The average Bonchev–Trinajstić information content (AvgIpc) is 3.15. The number of aliphatic hydroxyl groups is 1. The van der Waals surface area contributed by atoms with E-state index < -0.39 is 11.0 Å². The number of hydrogen-bond acceptors (Lipinski definition) is 3. The fraction of sp³-hybridized carbons (Fsp3) is 0.320. The summed E-state index contributed by atoms with van der Waals surface area (Å²) in [7, 11) is 1.66. The maximum atomic E-state index is 13.3.